The fraction of sp³-hybridized carbons (Fsp3) is 0.107. The molecule has 1 aliphatic rings. The van der Waals surface area contributed by atoms with E-state index in [0.29, 0.717) is 29.2 Å². The van der Waals surface area contributed by atoms with Gasteiger partial charge in [-0.05, 0) is 48.2 Å². The summed E-state index contributed by atoms with van der Waals surface area (Å²) in [5.74, 6) is -0.0347. The number of aromatic nitrogens is 1. The Morgan fingerprint density at radius 2 is 1.62 bits per heavy atom. The van der Waals surface area contributed by atoms with Crippen LogP contribution >= 0.6 is 0 Å². The van der Waals surface area contributed by atoms with Gasteiger partial charge in [-0.15, -0.1) is 0 Å². The van der Waals surface area contributed by atoms with Crippen molar-refractivity contribution in [3.05, 3.63) is 108 Å². The molecule has 0 atom stereocenters. The molecule has 1 aliphatic heterocycles. The van der Waals surface area contributed by atoms with E-state index in [0.717, 1.165) is 16.5 Å². The molecule has 0 spiro atoms. The highest BCUT2D eigenvalue weighted by molar-refractivity contribution is 6.36. The fourth-order valence-corrected chi connectivity index (χ4v) is 4.11. The molecule has 0 aliphatic carbocycles. The SMILES string of the molecule is CCOc1ccc(C2=C(Nc3cccc4ccccc34)C(=O)N(Cc3ccccn3)C2=O)cc1. The average molecular weight is 450 g/mol. The van der Waals surface area contributed by atoms with E-state index >= 15 is 0 Å². The molecule has 0 saturated heterocycles. The zero-order valence-electron chi connectivity index (χ0n) is 18.7. The number of pyridine rings is 1. The molecule has 0 radical (unpaired) electrons. The van der Waals surface area contributed by atoms with E-state index in [-0.39, 0.29) is 24.1 Å². The van der Waals surface area contributed by atoms with Crippen LogP contribution in [0.25, 0.3) is 16.3 Å². The molecule has 0 bridgehead atoms. The van der Waals surface area contributed by atoms with E-state index in [1.807, 2.05) is 55.5 Å². The molecule has 6 nitrogen and oxygen atoms in total. The Labute approximate surface area is 197 Å². The molecule has 0 unspecified atom stereocenters. The summed E-state index contributed by atoms with van der Waals surface area (Å²) in [4.78, 5) is 32.6. The number of imide groups is 1. The van der Waals surface area contributed by atoms with Crippen molar-refractivity contribution in [1.82, 2.24) is 9.88 Å². The number of hydrogen-bond donors (Lipinski definition) is 1. The Balaban J connectivity index is 1.58. The quantitative estimate of drug-likeness (QED) is 0.401. The monoisotopic (exact) mass is 449 g/mol. The lowest BCUT2D eigenvalue weighted by atomic mass is 10.0. The molecular weight excluding hydrogens is 426 g/mol. The Morgan fingerprint density at radius 1 is 0.853 bits per heavy atom. The summed E-state index contributed by atoms with van der Waals surface area (Å²) in [6.45, 7) is 2.56. The third kappa shape index (κ3) is 4.01. The van der Waals surface area contributed by atoms with Crippen molar-refractivity contribution in [1.29, 1.82) is 0 Å². The van der Waals surface area contributed by atoms with Crippen molar-refractivity contribution in [2.75, 3.05) is 11.9 Å². The van der Waals surface area contributed by atoms with Crippen LogP contribution in [0.3, 0.4) is 0 Å². The molecule has 2 amide bonds. The maximum Gasteiger partial charge on any atom is 0.278 e. The number of fused-ring (bicyclic) bond motifs is 1. The van der Waals surface area contributed by atoms with Gasteiger partial charge in [-0.25, -0.2) is 0 Å². The lowest BCUT2D eigenvalue weighted by Crippen LogP contribution is -2.32. The number of benzene rings is 3. The topological polar surface area (TPSA) is 71.5 Å². The van der Waals surface area contributed by atoms with Crippen LogP contribution in [0.4, 0.5) is 5.69 Å². The Bertz CT molecular complexity index is 1390. The number of anilines is 1. The Morgan fingerprint density at radius 3 is 2.38 bits per heavy atom. The lowest BCUT2D eigenvalue weighted by Gasteiger charge is -2.15. The molecule has 0 fully saturated rings. The van der Waals surface area contributed by atoms with Crippen LogP contribution in [0.15, 0.2) is 96.8 Å². The van der Waals surface area contributed by atoms with Crippen LogP contribution in [-0.4, -0.2) is 28.3 Å². The first-order valence-electron chi connectivity index (χ1n) is 11.1. The normalized spacial score (nSPS) is 13.6. The molecule has 168 valence electrons. The minimum atomic E-state index is -0.382. The maximum absolute atomic E-state index is 13.5. The van der Waals surface area contributed by atoms with Gasteiger partial charge >= 0.3 is 0 Å². The van der Waals surface area contributed by atoms with Crippen LogP contribution < -0.4 is 10.1 Å². The average Bonchev–Trinajstić information content (AvgIpc) is 3.10. The summed E-state index contributed by atoms with van der Waals surface area (Å²) >= 11 is 0. The summed E-state index contributed by atoms with van der Waals surface area (Å²) in [5.41, 5.74) is 2.63. The second-order valence-electron chi connectivity index (χ2n) is 7.88. The minimum Gasteiger partial charge on any atom is -0.494 e. The fourth-order valence-electron chi connectivity index (χ4n) is 4.11. The minimum absolute atomic E-state index is 0.0970. The molecule has 34 heavy (non-hydrogen) atoms. The van der Waals surface area contributed by atoms with Crippen molar-refractivity contribution in [2.45, 2.75) is 13.5 Å². The number of ether oxygens (including phenoxy) is 1. The summed E-state index contributed by atoms with van der Waals surface area (Å²) in [6, 6.07) is 26.4. The van der Waals surface area contributed by atoms with Crippen molar-refractivity contribution >= 4 is 33.8 Å². The van der Waals surface area contributed by atoms with Crippen molar-refractivity contribution < 1.29 is 14.3 Å². The van der Waals surface area contributed by atoms with Crippen molar-refractivity contribution in [2.24, 2.45) is 0 Å². The van der Waals surface area contributed by atoms with E-state index in [1.54, 1.807) is 42.6 Å². The van der Waals surface area contributed by atoms with Gasteiger partial charge < -0.3 is 10.1 Å². The highest BCUT2D eigenvalue weighted by Gasteiger charge is 2.39. The summed E-state index contributed by atoms with van der Waals surface area (Å²) in [5, 5.41) is 5.29. The maximum atomic E-state index is 13.5. The first-order chi connectivity index (χ1) is 16.7. The van der Waals surface area contributed by atoms with Gasteiger partial charge in [0, 0.05) is 17.3 Å². The van der Waals surface area contributed by atoms with Gasteiger partial charge in [-0.1, -0.05) is 54.6 Å². The standard InChI is InChI=1S/C28H23N3O3/c1-2-34-22-15-13-20(14-16-22)25-26(30-24-12-7-9-19-8-3-4-11-23(19)24)28(33)31(27(25)32)18-21-10-5-6-17-29-21/h3-17,30H,2,18H2,1H3. The largest absolute Gasteiger partial charge is 0.494 e. The number of rotatable bonds is 7. The molecule has 2 heterocycles. The number of carbonyl (C=O) groups is 2. The Hall–Kier alpha value is -4.45. The van der Waals surface area contributed by atoms with Crippen LogP contribution in [0.1, 0.15) is 18.2 Å². The van der Waals surface area contributed by atoms with Crippen LogP contribution in [0.2, 0.25) is 0 Å². The van der Waals surface area contributed by atoms with Crippen LogP contribution in [-0.2, 0) is 16.1 Å². The highest BCUT2D eigenvalue weighted by atomic mass is 16.5. The number of nitrogens with one attached hydrogen (secondary N) is 1. The highest BCUT2D eigenvalue weighted by Crippen LogP contribution is 2.34. The van der Waals surface area contributed by atoms with E-state index in [9.17, 15) is 9.59 Å². The van der Waals surface area contributed by atoms with Crippen LogP contribution in [0.5, 0.6) is 5.75 Å². The van der Waals surface area contributed by atoms with Gasteiger partial charge in [-0.3, -0.25) is 19.5 Å². The van der Waals surface area contributed by atoms with E-state index in [1.165, 1.54) is 4.90 Å². The second-order valence-corrected chi connectivity index (χ2v) is 7.88. The number of hydrogen-bond acceptors (Lipinski definition) is 5. The van der Waals surface area contributed by atoms with Crippen LogP contribution in [0, 0.1) is 0 Å². The Kier molecular flexibility index (Phi) is 5.79. The van der Waals surface area contributed by atoms with E-state index in [4.69, 9.17) is 4.74 Å². The van der Waals surface area contributed by atoms with Crippen molar-refractivity contribution in [3.8, 4) is 5.75 Å². The third-order valence-electron chi connectivity index (χ3n) is 5.72. The van der Waals surface area contributed by atoms with Gasteiger partial charge in [0.15, 0.2) is 0 Å². The first-order valence-corrected chi connectivity index (χ1v) is 11.1. The molecule has 1 aromatic heterocycles. The third-order valence-corrected chi connectivity index (χ3v) is 5.72. The molecule has 6 heteroatoms. The molecular formula is C28H23N3O3. The summed E-state index contributed by atoms with van der Waals surface area (Å²) < 4.78 is 5.54. The molecule has 5 rings (SSSR count). The van der Waals surface area contributed by atoms with Gasteiger partial charge in [-0.2, -0.15) is 0 Å². The van der Waals surface area contributed by atoms with Gasteiger partial charge in [0.2, 0.25) is 0 Å². The van der Waals surface area contributed by atoms with Gasteiger partial charge in [0.1, 0.15) is 11.4 Å². The zero-order chi connectivity index (χ0) is 23.5. The predicted octanol–water partition coefficient (Wildman–Crippen LogP) is 5.03. The van der Waals surface area contributed by atoms with E-state index in [2.05, 4.69) is 10.3 Å². The molecule has 3 aromatic carbocycles. The lowest BCUT2D eigenvalue weighted by molar-refractivity contribution is -0.137. The van der Waals surface area contributed by atoms with Gasteiger partial charge in [0.05, 0.1) is 24.4 Å². The second kappa shape index (κ2) is 9.19. The number of nitrogens with zero attached hydrogens (tertiary/aromatic N) is 2. The number of amides is 2. The van der Waals surface area contributed by atoms with E-state index < -0.39 is 0 Å². The molecule has 4 aromatic rings. The predicted molar refractivity (Wildman–Crippen MR) is 132 cm³/mol. The van der Waals surface area contributed by atoms with Gasteiger partial charge in [0.25, 0.3) is 11.8 Å². The zero-order valence-corrected chi connectivity index (χ0v) is 18.7. The smallest absolute Gasteiger partial charge is 0.278 e. The summed E-state index contributed by atoms with van der Waals surface area (Å²) in [6.07, 6.45) is 1.65. The number of carbonyl (C=O) groups excluding carboxylic acids is 2. The molecule has 0 saturated carbocycles. The summed E-state index contributed by atoms with van der Waals surface area (Å²) in [7, 11) is 0. The molecule has 1 N–H and O–H groups in total. The first kappa shape index (κ1) is 21.4. The van der Waals surface area contributed by atoms with Crippen molar-refractivity contribution in [3.63, 3.8) is 0 Å².